The zero-order valence-corrected chi connectivity index (χ0v) is 25.6. The van der Waals surface area contributed by atoms with Crippen LogP contribution in [0.3, 0.4) is 0 Å². The first-order valence-electron chi connectivity index (χ1n) is 14.4. The molecule has 0 spiro atoms. The van der Waals surface area contributed by atoms with E-state index in [1.54, 1.807) is 0 Å². The lowest BCUT2D eigenvalue weighted by molar-refractivity contribution is 0.592. The van der Waals surface area contributed by atoms with Gasteiger partial charge in [0.05, 0.1) is 0 Å². The third kappa shape index (κ3) is 4.40. The molecule has 0 N–H and O–H groups in total. The van der Waals surface area contributed by atoms with Crippen molar-refractivity contribution in [2.45, 2.75) is 19.3 Å². The molecule has 0 aromatic heterocycles. The second-order valence-corrected chi connectivity index (χ2v) is 16.4. The van der Waals surface area contributed by atoms with Crippen LogP contribution in [0.1, 0.15) is 25.0 Å². The molecule has 3 heteroatoms. The molecule has 0 amide bonds. The normalized spacial score (nSPS) is 13.5. The molecule has 1 aliphatic carbocycles. The molecule has 6 aromatic rings. The number of hydrogen-bond donors (Lipinski definition) is 0. The minimum absolute atomic E-state index is 0.233. The standard InChI is InChI=1S/C39H32OP2/c1-39(2)37-27-31(41(29-15-7-3-8-16-29)30-17-9-4-10-18-30)23-25-35(37)36-26-24-34(28-38(36)39)42(40,32-19-11-5-12-20-32)33-21-13-6-14-22-33/h3-28H,1-2H3. The maximum atomic E-state index is 15.2. The van der Waals surface area contributed by atoms with Crippen LogP contribution in [0.2, 0.25) is 0 Å². The molecule has 204 valence electrons. The topological polar surface area (TPSA) is 17.1 Å². The van der Waals surface area contributed by atoms with E-state index in [0.717, 1.165) is 15.9 Å². The molecule has 0 fully saturated rings. The van der Waals surface area contributed by atoms with Crippen molar-refractivity contribution >= 4 is 46.9 Å². The van der Waals surface area contributed by atoms with E-state index in [-0.39, 0.29) is 5.41 Å². The minimum Gasteiger partial charge on any atom is -0.309 e. The van der Waals surface area contributed by atoms with E-state index < -0.39 is 15.1 Å². The van der Waals surface area contributed by atoms with E-state index >= 15 is 4.57 Å². The fourth-order valence-corrected chi connectivity index (χ4v) is 11.4. The van der Waals surface area contributed by atoms with Crippen molar-refractivity contribution < 1.29 is 4.57 Å². The van der Waals surface area contributed by atoms with Crippen molar-refractivity contribution in [3.05, 3.63) is 169 Å². The lowest BCUT2D eigenvalue weighted by atomic mass is 9.82. The number of fused-ring (bicyclic) bond motifs is 3. The SMILES string of the molecule is CC1(C)c2cc(P(c3ccccc3)c3ccccc3)ccc2-c2ccc(P(=O)(c3ccccc3)c3ccccc3)cc21. The first-order chi connectivity index (χ1) is 20.5. The molecule has 0 bridgehead atoms. The Hall–Kier alpha value is -4.02. The first kappa shape index (κ1) is 26.9. The van der Waals surface area contributed by atoms with Crippen molar-refractivity contribution in [2.75, 3.05) is 0 Å². The van der Waals surface area contributed by atoms with Crippen LogP contribution in [-0.2, 0) is 9.98 Å². The summed E-state index contributed by atoms with van der Waals surface area (Å²) >= 11 is 0. The highest BCUT2D eigenvalue weighted by molar-refractivity contribution is 7.85. The van der Waals surface area contributed by atoms with Crippen molar-refractivity contribution in [3.63, 3.8) is 0 Å². The van der Waals surface area contributed by atoms with Crippen molar-refractivity contribution in [1.29, 1.82) is 0 Å². The highest BCUT2D eigenvalue weighted by atomic mass is 31.2. The highest BCUT2D eigenvalue weighted by Gasteiger charge is 2.38. The Labute approximate surface area is 250 Å². The van der Waals surface area contributed by atoms with E-state index in [4.69, 9.17) is 0 Å². The Bertz CT molecular complexity index is 1830. The van der Waals surface area contributed by atoms with Gasteiger partial charge in [-0.2, -0.15) is 0 Å². The molecule has 1 aliphatic rings. The number of hydrogen-bond acceptors (Lipinski definition) is 1. The van der Waals surface area contributed by atoms with Crippen molar-refractivity contribution in [3.8, 4) is 11.1 Å². The first-order valence-corrected chi connectivity index (χ1v) is 17.4. The van der Waals surface area contributed by atoms with E-state index in [1.165, 1.54) is 38.2 Å². The Balaban J connectivity index is 1.37. The van der Waals surface area contributed by atoms with Crippen molar-refractivity contribution in [1.82, 2.24) is 0 Å². The zero-order valence-electron chi connectivity index (χ0n) is 23.8. The summed E-state index contributed by atoms with van der Waals surface area (Å²) in [6, 6.07) is 55.3. The maximum absolute atomic E-state index is 15.2. The van der Waals surface area contributed by atoms with Gasteiger partial charge in [0.1, 0.15) is 0 Å². The number of benzene rings is 6. The quantitative estimate of drug-likeness (QED) is 0.188. The van der Waals surface area contributed by atoms with Gasteiger partial charge in [-0.1, -0.05) is 159 Å². The molecule has 6 aromatic carbocycles. The van der Waals surface area contributed by atoms with Gasteiger partial charge in [0.15, 0.2) is 7.14 Å². The van der Waals surface area contributed by atoms with Gasteiger partial charge >= 0.3 is 0 Å². The van der Waals surface area contributed by atoms with Crippen molar-refractivity contribution in [2.24, 2.45) is 0 Å². The predicted molar refractivity (Wildman–Crippen MR) is 182 cm³/mol. The molecule has 0 saturated carbocycles. The molecule has 0 heterocycles. The van der Waals surface area contributed by atoms with E-state index in [0.29, 0.717) is 0 Å². The molecule has 1 nitrogen and oxygen atoms in total. The van der Waals surface area contributed by atoms with Gasteiger partial charge in [0.2, 0.25) is 0 Å². The summed E-state index contributed by atoms with van der Waals surface area (Å²) in [6.45, 7) is 4.63. The second kappa shape index (κ2) is 10.7. The second-order valence-electron chi connectivity index (χ2n) is 11.4. The van der Waals surface area contributed by atoms with Gasteiger partial charge in [0.25, 0.3) is 0 Å². The largest absolute Gasteiger partial charge is 0.309 e. The van der Waals surface area contributed by atoms with Crippen LogP contribution >= 0.6 is 15.1 Å². The summed E-state index contributed by atoms with van der Waals surface area (Å²) in [6.07, 6.45) is 0. The van der Waals surface area contributed by atoms with Crippen LogP contribution in [0.25, 0.3) is 11.1 Å². The number of rotatable bonds is 6. The Kier molecular flexibility index (Phi) is 6.82. The average Bonchev–Trinajstić information content (AvgIpc) is 3.28. The van der Waals surface area contributed by atoms with Gasteiger partial charge < -0.3 is 4.57 Å². The molecule has 0 unspecified atom stereocenters. The molecular weight excluding hydrogens is 546 g/mol. The predicted octanol–water partition coefficient (Wildman–Crippen LogP) is 7.39. The Morgan fingerprint density at radius 2 is 0.881 bits per heavy atom. The Morgan fingerprint density at radius 1 is 0.452 bits per heavy atom. The summed E-state index contributed by atoms with van der Waals surface area (Å²) < 4.78 is 15.2. The fourth-order valence-electron chi connectivity index (χ4n) is 6.37. The monoisotopic (exact) mass is 578 g/mol. The van der Waals surface area contributed by atoms with Crippen LogP contribution in [0.5, 0.6) is 0 Å². The van der Waals surface area contributed by atoms with Gasteiger partial charge in [-0.15, -0.1) is 0 Å². The lowest BCUT2D eigenvalue weighted by Crippen LogP contribution is -2.26. The summed E-state index contributed by atoms with van der Waals surface area (Å²) in [5.41, 5.74) is 4.85. The highest BCUT2D eigenvalue weighted by Crippen LogP contribution is 2.51. The van der Waals surface area contributed by atoms with Gasteiger partial charge in [-0.3, -0.25) is 0 Å². The molecule has 0 atom stereocenters. The summed E-state index contributed by atoms with van der Waals surface area (Å²) in [4.78, 5) is 0. The minimum atomic E-state index is -3.06. The van der Waals surface area contributed by atoms with E-state index in [1.807, 2.05) is 60.7 Å². The van der Waals surface area contributed by atoms with Crippen LogP contribution in [0.15, 0.2) is 158 Å². The summed E-state index contributed by atoms with van der Waals surface area (Å²) in [7, 11) is -3.76. The van der Waals surface area contributed by atoms with Crippen LogP contribution in [-0.4, -0.2) is 0 Å². The van der Waals surface area contributed by atoms with Crippen LogP contribution in [0, 0.1) is 0 Å². The molecule has 42 heavy (non-hydrogen) atoms. The van der Waals surface area contributed by atoms with Gasteiger partial charge in [-0.05, 0) is 58.2 Å². The molecule has 0 saturated heterocycles. The van der Waals surface area contributed by atoms with Crippen LogP contribution < -0.4 is 31.8 Å². The summed E-state index contributed by atoms with van der Waals surface area (Å²) in [5, 5.41) is 6.66. The van der Waals surface area contributed by atoms with Gasteiger partial charge in [-0.25, -0.2) is 0 Å². The third-order valence-electron chi connectivity index (χ3n) is 8.53. The zero-order chi connectivity index (χ0) is 28.7. The molecular formula is C39H32OP2. The Morgan fingerprint density at radius 3 is 1.38 bits per heavy atom. The van der Waals surface area contributed by atoms with Gasteiger partial charge in [0, 0.05) is 21.3 Å². The molecule has 0 aliphatic heterocycles. The molecule has 0 radical (unpaired) electrons. The smallest absolute Gasteiger partial charge is 0.171 e. The van der Waals surface area contributed by atoms with E-state index in [9.17, 15) is 0 Å². The van der Waals surface area contributed by atoms with Crippen LogP contribution in [0.4, 0.5) is 0 Å². The maximum Gasteiger partial charge on any atom is 0.171 e. The fraction of sp³-hybridized carbons (Fsp3) is 0.0769. The average molecular weight is 579 g/mol. The lowest BCUT2D eigenvalue weighted by Gasteiger charge is -2.26. The summed E-state index contributed by atoms with van der Waals surface area (Å²) in [5.74, 6) is 0. The third-order valence-corrected chi connectivity index (χ3v) is 14.0. The van der Waals surface area contributed by atoms with E-state index in [2.05, 4.69) is 111 Å². The molecule has 7 rings (SSSR count).